The molecule has 58 heavy (non-hydrogen) atoms. The van der Waals surface area contributed by atoms with Crippen molar-refractivity contribution in [3.63, 3.8) is 0 Å². The Balaban J connectivity index is 1.74. The fourth-order valence-electron chi connectivity index (χ4n) is 8.63. The number of anilines is 1. The van der Waals surface area contributed by atoms with Gasteiger partial charge in [-0.05, 0) is 67.8 Å². The van der Waals surface area contributed by atoms with Crippen molar-refractivity contribution in [2.24, 2.45) is 23.7 Å². The average molecular weight is 809 g/mol. The standard InChI is InChI=1S/C45H72N6O7/c1-27(2)38(48-44(55)40(29(5)6)49(9)26-32-18-16-21-34(46)24-32)45(56)50(10)39(28(3)4)36(57-11)25-37(52)51-23-17-22-35(51)42(58-12)30(7)43(54)47-31(8)41(53)33-19-14-13-15-20-33/h13-16,18-21,24,27-31,35-36,38-42,53H,17,22-23,25-26,46H2,1-12H3,(H,47,54)(H,48,55)/t30-,31-,35+,36-,38+,39?,40?,41-,42-/m1/s1. The van der Waals surface area contributed by atoms with Gasteiger partial charge in [0.2, 0.25) is 23.6 Å². The molecule has 0 aliphatic carbocycles. The first-order valence-electron chi connectivity index (χ1n) is 20.8. The quantitative estimate of drug-likeness (QED) is 0.132. The van der Waals surface area contributed by atoms with Crippen LogP contribution in [0.25, 0.3) is 0 Å². The van der Waals surface area contributed by atoms with Gasteiger partial charge in [0.1, 0.15) is 6.04 Å². The average Bonchev–Trinajstić information content (AvgIpc) is 3.66. The first kappa shape index (κ1) is 48.3. The van der Waals surface area contributed by atoms with Crippen LogP contribution in [0.4, 0.5) is 5.69 Å². The van der Waals surface area contributed by atoms with Gasteiger partial charge in [0, 0.05) is 40.0 Å². The van der Waals surface area contributed by atoms with E-state index in [0.29, 0.717) is 30.8 Å². The van der Waals surface area contributed by atoms with E-state index in [1.165, 1.54) is 0 Å². The number of methoxy groups -OCH3 is 2. The largest absolute Gasteiger partial charge is 0.399 e. The second-order valence-electron chi connectivity index (χ2n) is 17.2. The summed E-state index contributed by atoms with van der Waals surface area (Å²) in [6.45, 7) is 16.3. The van der Waals surface area contributed by atoms with Gasteiger partial charge in [0.05, 0.1) is 54.8 Å². The van der Waals surface area contributed by atoms with Crippen molar-refractivity contribution in [1.29, 1.82) is 0 Å². The molecule has 2 unspecified atom stereocenters. The fourth-order valence-corrected chi connectivity index (χ4v) is 8.63. The van der Waals surface area contributed by atoms with Crippen LogP contribution in [0.15, 0.2) is 54.6 Å². The number of hydrogen-bond donors (Lipinski definition) is 4. The van der Waals surface area contributed by atoms with Gasteiger partial charge in [-0.25, -0.2) is 0 Å². The molecule has 2 aromatic carbocycles. The number of nitrogens with one attached hydrogen (secondary N) is 2. The Morgan fingerprint density at radius 1 is 0.862 bits per heavy atom. The minimum absolute atomic E-state index is 0.00764. The number of likely N-dealkylation sites (tertiary alicyclic amines) is 1. The number of hydrogen-bond acceptors (Lipinski definition) is 9. The Morgan fingerprint density at radius 2 is 1.52 bits per heavy atom. The number of benzene rings is 2. The van der Waals surface area contributed by atoms with Gasteiger partial charge in [-0.3, -0.25) is 24.1 Å². The molecule has 13 nitrogen and oxygen atoms in total. The molecule has 1 fully saturated rings. The Kier molecular flexibility index (Phi) is 18.6. The highest BCUT2D eigenvalue weighted by Crippen LogP contribution is 2.30. The Labute approximate surface area is 347 Å². The zero-order valence-electron chi connectivity index (χ0n) is 37.0. The molecular weight excluding hydrogens is 737 g/mol. The molecule has 0 radical (unpaired) electrons. The van der Waals surface area contributed by atoms with Crippen LogP contribution in [0.1, 0.15) is 91.9 Å². The van der Waals surface area contributed by atoms with Crippen molar-refractivity contribution in [2.75, 3.05) is 40.6 Å². The molecule has 324 valence electrons. The molecule has 5 N–H and O–H groups in total. The van der Waals surface area contributed by atoms with Crippen molar-refractivity contribution < 1.29 is 33.8 Å². The number of nitrogens with zero attached hydrogens (tertiary/aromatic N) is 3. The second kappa shape index (κ2) is 22.4. The van der Waals surface area contributed by atoms with E-state index < -0.39 is 48.4 Å². The lowest BCUT2D eigenvalue weighted by Gasteiger charge is -2.40. The van der Waals surface area contributed by atoms with E-state index in [-0.39, 0.29) is 53.8 Å². The number of nitrogens with two attached hydrogens (primary N) is 1. The van der Waals surface area contributed by atoms with E-state index in [9.17, 15) is 24.3 Å². The molecule has 0 bridgehead atoms. The van der Waals surface area contributed by atoms with Gasteiger partial charge in [0.25, 0.3) is 0 Å². The molecule has 1 saturated heterocycles. The Bertz CT molecular complexity index is 1620. The summed E-state index contributed by atoms with van der Waals surface area (Å²) in [5, 5.41) is 16.9. The van der Waals surface area contributed by atoms with Crippen molar-refractivity contribution in [2.45, 2.75) is 130 Å². The summed E-state index contributed by atoms with van der Waals surface area (Å²) < 4.78 is 11.9. The molecule has 1 heterocycles. The molecule has 0 spiro atoms. The first-order chi connectivity index (χ1) is 27.3. The van der Waals surface area contributed by atoms with Crippen molar-refractivity contribution in [3.05, 3.63) is 65.7 Å². The number of likely N-dealkylation sites (N-methyl/N-ethyl adjacent to an activating group) is 2. The van der Waals surface area contributed by atoms with Crippen LogP contribution < -0.4 is 16.4 Å². The summed E-state index contributed by atoms with van der Waals surface area (Å²) in [5.74, 6) is -1.90. The SMILES string of the molecule is CO[C@H]([C@@H](C)C(=O)N[C@H](C)[C@@H](O)c1ccccc1)[C@@H]1CCCN1C(=O)C[C@@H](OC)C(C(C)C)N(C)C(=O)[C@@H](NC(=O)C(C(C)C)N(C)Cc1cccc(N)c1)C(C)C. The summed E-state index contributed by atoms with van der Waals surface area (Å²) >= 11 is 0. The number of ether oxygens (including phenoxy) is 2. The normalized spacial score (nSPS) is 18.7. The lowest BCUT2D eigenvalue weighted by Crippen LogP contribution is -2.59. The van der Waals surface area contributed by atoms with Crippen LogP contribution in [-0.4, -0.2) is 121 Å². The molecule has 3 rings (SSSR count). The molecule has 9 atom stereocenters. The van der Waals surface area contributed by atoms with E-state index >= 15 is 0 Å². The molecular formula is C45H72N6O7. The third-order valence-corrected chi connectivity index (χ3v) is 11.7. The smallest absolute Gasteiger partial charge is 0.245 e. The van der Waals surface area contributed by atoms with Crippen molar-refractivity contribution >= 4 is 29.3 Å². The maximum atomic E-state index is 14.4. The highest BCUT2D eigenvalue weighted by Gasteiger charge is 2.43. The monoisotopic (exact) mass is 809 g/mol. The van der Waals surface area contributed by atoms with Crippen LogP contribution >= 0.6 is 0 Å². The van der Waals surface area contributed by atoms with Gasteiger partial charge in [-0.15, -0.1) is 0 Å². The van der Waals surface area contributed by atoms with Gasteiger partial charge >= 0.3 is 0 Å². The molecule has 0 aromatic heterocycles. The van der Waals surface area contributed by atoms with Crippen LogP contribution in [0.2, 0.25) is 0 Å². The van der Waals surface area contributed by atoms with Gasteiger partial charge < -0.3 is 40.7 Å². The van der Waals surface area contributed by atoms with Crippen LogP contribution in [0, 0.1) is 23.7 Å². The topological polar surface area (TPSA) is 167 Å². The highest BCUT2D eigenvalue weighted by molar-refractivity contribution is 5.90. The second-order valence-corrected chi connectivity index (χ2v) is 17.2. The van der Waals surface area contributed by atoms with Gasteiger partial charge in [-0.1, -0.05) is 90.9 Å². The van der Waals surface area contributed by atoms with Crippen LogP contribution in [0.3, 0.4) is 0 Å². The summed E-state index contributed by atoms with van der Waals surface area (Å²) in [5.41, 5.74) is 8.36. The maximum Gasteiger partial charge on any atom is 0.245 e. The summed E-state index contributed by atoms with van der Waals surface area (Å²) in [6, 6.07) is 14.0. The Hall–Kier alpha value is -4.04. The Morgan fingerprint density at radius 3 is 2.07 bits per heavy atom. The van der Waals surface area contributed by atoms with Crippen LogP contribution in [-0.2, 0) is 35.2 Å². The summed E-state index contributed by atoms with van der Waals surface area (Å²) in [6.07, 6.45) is -0.707. The lowest BCUT2D eigenvalue weighted by atomic mass is 9.91. The highest BCUT2D eigenvalue weighted by atomic mass is 16.5. The lowest BCUT2D eigenvalue weighted by molar-refractivity contribution is -0.148. The minimum atomic E-state index is -0.885. The van der Waals surface area contributed by atoms with E-state index in [0.717, 1.165) is 12.0 Å². The number of nitrogen functional groups attached to an aromatic ring is 1. The predicted molar refractivity (Wildman–Crippen MR) is 228 cm³/mol. The first-order valence-corrected chi connectivity index (χ1v) is 20.8. The number of aliphatic hydroxyl groups is 1. The zero-order valence-corrected chi connectivity index (χ0v) is 37.0. The number of carbonyl (C=O) groups excluding carboxylic acids is 4. The third-order valence-electron chi connectivity index (χ3n) is 11.7. The van der Waals surface area contributed by atoms with Crippen molar-refractivity contribution in [1.82, 2.24) is 25.3 Å². The van der Waals surface area contributed by atoms with Gasteiger partial charge in [0.15, 0.2) is 0 Å². The molecule has 2 aromatic rings. The van der Waals surface area contributed by atoms with E-state index in [4.69, 9.17) is 15.2 Å². The predicted octanol–water partition coefficient (Wildman–Crippen LogP) is 4.63. The molecule has 4 amide bonds. The van der Waals surface area contributed by atoms with Crippen LogP contribution in [0.5, 0.6) is 0 Å². The maximum absolute atomic E-state index is 14.4. The molecule has 0 saturated carbocycles. The van der Waals surface area contributed by atoms with E-state index in [2.05, 4.69) is 10.6 Å². The van der Waals surface area contributed by atoms with Crippen molar-refractivity contribution in [3.8, 4) is 0 Å². The zero-order chi connectivity index (χ0) is 43.4. The number of aliphatic hydroxyl groups excluding tert-OH is 1. The fraction of sp³-hybridized carbons (Fsp3) is 0.644. The molecule has 1 aliphatic heterocycles. The number of carbonyl (C=O) groups is 4. The minimum Gasteiger partial charge on any atom is -0.399 e. The summed E-state index contributed by atoms with van der Waals surface area (Å²) in [7, 11) is 6.71. The number of rotatable bonds is 21. The summed E-state index contributed by atoms with van der Waals surface area (Å²) in [4.78, 5) is 61.5. The third kappa shape index (κ3) is 12.5. The molecule has 1 aliphatic rings. The molecule has 13 heteroatoms. The number of amides is 4. The van der Waals surface area contributed by atoms with E-state index in [1.807, 2.05) is 108 Å². The van der Waals surface area contributed by atoms with E-state index in [1.54, 1.807) is 44.9 Å². The van der Waals surface area contributed by atoms with Gasteiger partial charge in [-0.2, -0.15) is 0 Å².